The largest absolute Gasteiger partial charge is 0.459 e. The number of nitrogens with zero attached hydrogens (tertiary/aromatic N) is 3. The van der Waals surface area contributed by atoms with E-state index in [1.165, 1.54) is 0 Å². The van der Waals surface area contributed by atoms with E-state index in [0.29, 0.717) is 25.6 Å². The first-order chi connectivity index (χ1) is 10.1. The van der Waals surface area contributed by atoms with Gasteiger partial charge in [-0.05, 0) is 13.8 Å². The minimum atomic E-state index is -3.72. The van der Waals surface area contributed by atoms with Crippen molar-refractivity contribution in [2.75, 3.05) is 39.5 Å². The van der Waals surface area contributed by atoms with Gasteiger partial charge >= 0.3 is 13.4 Å². The van der Waals surface area contributed by atoms with Crippen molar-refractivity contribution in [3.05, 3.63) is 16.3 Å². The van der Waals surface area contributed by atoms with Crippen molar-refractivity contribution in [3.63, 3.8) is 0 Å². The van der Waals surface area contributed by atoms with E-state index in [2.05, 4.69) is 15.0 Å². The number of nitrogens with one attached hydrogen (secondary N) is 1. The molecule has 1 saturated heterocycles. The number of hydrogen-bond donors (Lipinski definition) is 1. The summed E-state index contributed by atoms with van der Waals surface area (Å²) >= 11 is 0. The van der Waals surface area contributed by atoms with Crippen molar-refractivity contribution < 1.29 is 18.3 Å². The Kier molecular flexibility index (Phi) is 5.72. The van der Waals surface area contributed by atoms with Crippen molar-refractivity contribution in [2.45, 2.75) is 20.4 Å². The summed E-state index contributed by atoms with van der Waals surface area (Å²) in [5.74, 6) is 0.432. The molecule has 0 amide bonds. The predicted molar refractivity (Wildman–Crippen MR) is 75.2 cm³/mol. The summed E-state index contributed by atoms with van der Waals surface area (Å²) in [6.45, 7) is 6.99. The summed E-state index contributed by atoms with van der Waals surface area (Å²) in [5, 5.41) is 4.07. The summed E-state index contributed by atoms with van der Waals surface area (Å²) in [6, 6.07) is 0. The number of ether oxygens (including phenoxy) is 1. The Morgan fingerprint density at radius 3 is 2.48 bits per heavy atom. The van der Waals surface area contributed by atoms with Crippen molar-refractivity contribution in [3.8, 4) is 0 Å². The fraction of sp³-hybridized carbons (Fsp3) is 0.818. The van der Waals surface area contributed by atoms with Crippen LogP contribution >= 0.6 is 7.75 Å². The van der Waals surface area contributed by atoms with Crippen LogP contribution in [0.15, 0.2) is 4.79 Å². The summed E-state index contributed by atoms with van der Waals surface area (Å²) < 4.78 is 28.8. The van der Waals surface area contributed by atoms with Gasteiger partial charge in [0.1, 0.15) is 5.82 Å². The van der Waals surface area contributed by atoms with Crippen LogP contribution in [0.1, 0.15) is 19.7 Å². The van der Waals surface area contributed by atoms with Gasteiger partial charge < -0.3 is 4.74 Å². The van der Waals surface area contributed by atoms with Gasteiger partial charge in [-0.2, -0.15) is 0 Å². The third kappa shape index (κ3) is 4.02. The third-order valence-corrected chi connectivity index (χ3v) is 4.85. The second kappa shape index (κ2) is 7.33. The topological polar surface area (TPSA) is 98.7 Å². The van der Waals surface area contributed by atoms with Crippen molar-refractivity contribution in [2.24, 2.45) is 0 Å². The highest BCUT2D eigenvalue weighted by molar-refractivity contribution is 7.52. The normalized spacial score (nSPS) is 17.2. The molecule has 0 spiro atoms. The SMILES string of the molecule is CCOP(=O)(OCC)n1nc(CN2CCOCC2)[nH]c1=O. The molecule has 1 aliphatic rings. The molecule has 0 radical (unpaired) electrons. The van der Waals surface area contributed by atoms with Gasteiger partial charge in [-0.15, -0.1) is 9.55 Å². The monoisotopic (exact) mass is 320 g/mol. The highest BCUT2D eigenvalue weighted by Gasteiger charge is 2.31. The second-order valence-corrected chi connectivity index (χ2v) is 6.29. The van der Waals surface area contributed by atoms with E-state index in [-0.39, 0.29) is 13.2 Å². The lowest BCUT2D eigenvalue weighted by Crippen LogP contribution is -2.36. The average Bonchev–Trinajstić information content (AvgIpc) is 2.82. The van der Waals surface area contributed by atoms with Gasteiger partial charge in [0.05, 0.1) is 33.0 Å². The van der Waals surface area contributed by atoms with Gasteiger partial charge in [0, 0.05) is 13.1 Å². The molecule has 1 aromatic heterocycles. The Balaban J connectivity index is 2.17. The molecule has 0 saturated carbocycles. The molecule has 0 aromatic carbocycles. The van der Waals surface area contributed by atoms with Crippen LogP contribution in [0.4, 0.5) is 0 Å². The first kappa shape index (κ1) is 16.4. The smallest absolute Gasteiger partial charge is 0.379 e. The van der Waals surface area contributed by atoms with E-state index >= 15 is 0 Å². The van der Waals surface area contributed by atoms with Gasteiger partial charge in [-0.1, -0.05) is 0 Å². The molecule has 2 heterocycles. The molecule has 10 heteroatoms. The number of H-pyrrole nitrogens is 1. The Labute approximate surface area is 122 Å². The molecule has 120 valence electrons. The number of morpholine rings is 1. The van der Waals surface area contributed by atoms with Crippen LogP contribution < -0.4 is 5.69 Å². The van der Waals surface area contributed by atoms with E-state index in [4.69, 9.17) is 13.8 Å². The molecule has 1 aromatic rings. The first-order valence-corrected chi connectivity index (χ1v) is 8.47. The average molecular weight is 320 g/mol. The third-order valence-electron chi connectivity index (χ3n) is 2.94. The predicted octanol–water partition coefficient (Wildman–Crippen LogP) is 0.433. The Morgan fingerprint density at radius 2 is 1.90 bits per heavy atom. The minimum Gasteiger partial charge on any atom is -0.379 e. The zero-order valence-electron chi connectivity index (χ0n) is 12.3. The fourth-order valence-corrected chi connectivity index (χ4v) is 3.48. The lowest BCUT2D eigenvalue weighted by molar-refractivity contribution is 0.0330. The number of aromatic amines is 1. The molecular formula is C11H21N4O5P. The molecule has 0 aliphatic carbocycles. The summed E-state index contributed by atoms with van der Waals surface area (Å²) in [4.78, 5) is 16.6. The highest BCUT2D eigenvalue weighted by atomic mass is 31.2. The molecule has 1 aliphatic heterocycles. The lowest BCUT2D eigenvalue weighted by Gasteiger charge is -2.25. The van der Waals surface area contributed by atoms with E-state index in [1.807, 2.05) is 0 Å². The summed E-state index contributed by atoms with van der Waals surface area (Å²) in [6.07, 6.45) is 0. The van der Waals surface area contributed by atoms with Crippen LogP contribution in [-0.4, -0.2) is 59.0 Å². The molecule has 0 unspecified atom stereocenters. The first-order valence-electron chi connectivity index (χ1n) is 6.97. The molecule has 9 nitrogen and oxygen atoms in total. The van der Waals surface area contributed by atoms with Crippen LogP contribution in [0.3, 0.4) is 0 Å². The minimum absolute atomic E-state index is 0.162. The standard InChI is InChI=1S/C11H21N4O5P/c1-3-19-21(17,20-4-2)15-11(16)12-10(13-15)9-14-5-7-18-8-6-14/h3-9H2,1-2H3,(H,12,13,16). The molecular weight excluding hydrogens is 299 g/mol. The summed E-state index contributed by atoms with van der Waals surface area (Å²) in [7, 11) is -3.72. The molecule has 1 N–H and O–H groups in total. The van der Waals surface area contributed by atoms with Crippen LogP contribution in [0, 0.1) is 0 Å². The van der Waals surface area contributed by atoms with Gasteiger partial charge in [0.15, 0.2) is 0 Å². The van der Waals surface area contributed by atoms with Crippen LogP contribution in [0.5, 0.6) is 0 Å². The molecule has 2 rings (SSSR count). The maximum atomic E-state index is 12.5. The quantitative estimate of drug-likeness (QED) is 0.727. The van der Waals surface area contributed by atoms with Crippen molar-refractivity contribution in [1.82, 2.24) is 19.4 Å². The Bertz CT molecular complexity index is 541. The Hall–Kier alpha value is -0.990. The highest BCUT2D eigenvalue weighted by Crippen LogP contribution is 2.47. The van der Waals surface area contributed by atoms with Crippen molar-refractivity contribution >= 4 is 7.75 Å². The van der Waals surface area contributed by atoms with Crippen LogP contribution in [0.2, 0.25) is 0 Å². The zero-order chi connectivity index (χ0) is 15.3. The maximum Gasteiger partial charge on any atom is 0.459 e. The van der Waals surface area contributed by atoms with E-state index in [9.17, 15) is 9.36 Å². The zero-order valence-corrected chi connectivity index (χ0v) is 13.2. The van der Waals surface area contributed by atoms with Crippen molar-refractivity contribution in [1.29, 1.82) is 0 Å². The van der Waals surface area contributed by atoms with E-state index < -0.39 is 13.4 Å². The van der Waals surface area contributed by atoms with Crippen LogP contribution in [-0.2, 0) is 24.9 Å². The Morgan fingerprint density at radius 1 is 1.29 bits per heavy atom. The van der Waals surface area contributed by atoms with E-state index in [1.54, 1.807) is 13.8 Å². The molecule has 0 bridgehead atoms. The fourth-order valence-electron chi connectivity index (χ4n) is 2.04. The van der Waals surface area contributed by atoms with E-state index in [0.717, 1.165) is 17.5 Å². The van der Waals surface area contributed by atoms with Gasteiger partial charge in [0.2, 0.25) is 0 Å². The number of rotatable bonds is 7. The number of hydrogen-bond acceptors (Lipinski definition) is 7. The summed E-state index contributed by atoms with van der Waals surface area (Å²) in [5.41, 5.74) is -0.594. The van der Waals surface area contributed by atoms with Gasteiger partial charge in [0.25, 0.3) is 0 Å². The van der Waals surface area contributed by atoms with Crippen LogP contribution in [0.25, 0.3) is 0 Å². The molecule has 1 fully saturated rings. The molecule has 21 heavy (non-hydrogen) atoms. The maximum absolute atomic E-state index is 12.5. The second-order valence-electron chi connectivity index (χ2n) is 4.46. The van der Waals surface area contributed by atoms with Gasteiger partial charge in [-0.25, -0.2) is 9.36 Å². The number of aromatic nitrogens is 3. The van der Waals surface area contributed by atoms with Gasteiger partial charge in [-0.3, -0.25) is 18.9 Å². The molecule has 0 atom stereocenters. The lowest BCUT2D eigenvalue weighted by atomic mass is 10.4.